The third-order valence-corrected chi connectivity index (χ3v) is 3.54. The Morgan fingerprint density at radius 3 is 2.50 bits per heavy atom. The summed E-state index contributed by atoms with van der Waals surface area (Å²) in [4.78, 5) is 10.9. The van der Waals surface area contributed by atoms with E-state index in [1.807, 2.05) is 0 Å². The summed E-state index contributed by atoms with van der Waals surface area (Å²) in [5.74, 6) is -0.899. The summed E-state index contributed by atoms with van der Waals surface area (Å²) in [5.41, 5.74) is 6.87. The minimum absolute atomic E-state index is 0. The molecule has 1 saturated carbocycles. The quantitative estimate of drug-likeness (QED) is 0.789. The number of aromatic carboxylic acids is 1. The molecule has 4 N–H and O–H groups in total. The molecule has 0 radical (unpaired) electrons. The predicted octanol–water partition coefficient (Wildman–Crippen LogP) is 2.70. The second-order valence-electron chi connectivity index (χ2n) is 4.65. The van der Waals surface area contributed by atoms with Crippen LogP contribution in [0.25, 0.3) is 0 Å². The second-order valence-corrected chi connectivity index (χ2v) is 4.65. The number of nitrogens with two attached hydrogens (primary N) is 1. The Morgan fingerprint density at radius 2 is 1.94 bits per heavy atom. The van der Waals surface area contributed by atoms with Gasteiger partial charge < -0.3 is 15.9 Å². The monoisotopic (exact) mass is 271 g/mol. The Morgan fingerprint density at radius 1 is 1.33 bits per heavy atom. The maximum Gasteiger partial charge on any atom is 0.339 e. The van der Waals surface area contributed by atoms with Gasteiger partial charge in [-0.15, -0.1) is 12.4 Å². The van der Waals surface area contributed by atoms with Crippen molar-refractivity contribution in [3.63, 3.8) is 0 Å². The maximum atomic E-state index is 10.9. The van der Waals surface area contributed by atoms with Gasteiger partial charge in [0.15, 0.2) is 0 Å². The van der Waals surface area contributed by atoms with Gasteiger partial charge >= 0.3 is 5.97 Å². The summed E-state index contributed by atoms with van der Waals surface area (Å²) in [7, 11) is 0. The van der Waals surface area contributed by atoms with Crippen molar-refractivity contribution < 1.29 is 15.0 Å². The fourth-order valence-corrected chi connectivity index (χ4v) is 2.52. The smallest absolute Gasteiger partial charge is 0.339 e. The van der Waals surface area contributed by atoms with Crippen molar-refractivity contribution in [3.05, 3.63) is 29.3 Å². The van der Waals surface area contributed by atoms with E-state index in [0.717, 1.165) is 18.4 Å². The van der Waals surface area contributed by atoms with Crippen LogP contribution in [0.3, 0.4) is 0 Å². The predicted molar refractivity (Wildman–Crippen MR) is 71.2 cm³/mol. The first kappa shape index (κ1) is 14.8. The summed E-state index contributed by atoms with van der Waals surface area (Å²) in [5, 5.41) is 18.4. The molecule has 0 bridgehead atoms. The van der Waals surface area contributed by atoms with Crippen molar-refractivity contribution in [1.82, 2.24) is 0 Å². The fourth-order valence-electron chi connectivity index (χ4n) is 2.52. The summed E-state index contributed by atoms with van der Waals surface area (Å²) >= 11 is 0. The highest BCUT2D eigenvalue weighted by Gasteiger charge is 2.24. The number of benzene rings is 1. The number of carboxylic acids is 1. The zero-order valence-corrected chi connectivity index (χ0v) is 10.8. The topological polar surface area (TPSA) is 83.5 Å². The van der Waals surface area contributed by atoms with Crippen LogP contribution < -0.4 is 5.73 Å². The Balaban J connectivity index is 0.00000162. The van der Waals surface area contributed by atoms with Gasteiger partial charge in [-0.2, -0.15) is 0 Å². The summed E-state index contributed by atoms with van der Waals surface area (Å²) in [6.07, 6.45) is 4.60. The van der Waals surface area contributed by atoms with Crippen LogP contribution in [0.15, 0.2) is 18.2 Å². The molecule has 18 heavy (non-hydrogen) atoms. The SMILES string of the molecule is Cl.N[C@@H](c1ccc(O)c(C(=O)O)c1)C1CCCC1. The molecule has 0 aromatic heterocycles. The molecule has 2 rings (SSSR count). The molecule has 1 aliphatic carbocycles. The third-order valence-electron chi connectivity index (χ3n) is 3.54. The molecule has 1 atom stereocenters. The van der Waals surface area contributed by atoms with Gasteiger partial charge in [0.05, 0.1) is 0 Å². The van der Waals surface area contributed by atoms with Crippen LogP contribution in [0, 0.1) is 5.92 Å². The van der Waals surface area contributed by atoms with Gasteiger partial charge in [-0.25, -0.2) is 4.79 Å². The standard InChI is InChI=1S/C13H17NO3.ClH/c14-12(8-3-1-2-4-8)9-5-6-11(15)10(7-9)13(16)17;/h5-8,12,15H,1-4,14H2,(H,16,17);1H/t12-;/m1./s1. The number of halogens is 1. The zero-order chi connectivity index (χ0) is 12.4. The van der Waals surface area contributed by atoms with Crippen LogP contribution in [0.1, 0.15) is 47.6 Å². The van der Waals surface area contributed by atoms with Crippen molar-refractivity contribution in [1.29, 1.82) is 0 Å². The number of phenols is 1. The molecule has 5 heteroatoms. The van der Waals surface area contributed by atoms with Crippen LogP contribution >= 0.6 is 12.4 Å². The van der Waals surface area contributed by atoms with Crippen molar-refractivity contribution in [2.75, 3.05) is 0 Å². The summed E-state index contributed by atoms with van der Waals surface area (Å²) < 4.78 is 0. The highest BCUT2D eigenvalue weighted by atomic mass is 35.5. The van der Waals surface area contributed by atoms with Crippen LogP contribution in [-0.4, -0.2) is 16.2 Å². The van der Waals surface area contributed by atoms with Gasteiger partial charge in [0, 0.05) is 6.04 Å². The molecule has 1 aromatic rings. The zero-order valence-electron chi connectivity index (χ0n) is 10.0. The van der Waals surface area contributed by atoms with Crippen molar-refractivity contribution in [2.24, 2.45) is 11.7 Å². The van der Waals surface area contributed by atoms with Crippen molar-refractivity contribution >= 4 is 18.4 Å². The lowest BCUT2D eigenvalue weighted by atomic mass is 9.91. The van der Waals surface area contributed by atoms with Crippen molar-refractivity contribution in [2.45, 2.75) is 31.7 Å². The molecular weight excluding hydrogens is 254 g/mol. The van der Waals surface area contributed by atoms with E-state index in [1.165, 1.54) is 25.0 Å². The average Bonchev–Trinajstić information content (AvgIpc) is 2.81. The molecule has 1 aliphatic rings. The summed E-state index contributed by atoms with van der Waals surface area (Å²) in [6, 6.07) is 4.48. The molecule has 1 fully saturated rings. The second kappa shape index (κ2) is 6.07. The van der Waals surface area contributed by atoms with E-state index in [9.17, 15) is 9.90 Å². The number of carbonyl (C=O) groups is 1. The van der Waals surface area contributed by atoms with Crippen LogP contribution in [0.5, 0.6) is 5.75 Å². The Hall–Kier alpha value is -1.26. The van der Waals surface area contributed by atoms with Gasteiger partial charge in [0.2, 0.25) is 0 Å². The number of carboxylic acid groups (broad SMARTS) is 1. The van der Waals surface area contributed by atoms with Gasteiger partial charge in [0.1, 0.15) is 11.3 Å². The molecule has 0 heterocycles. The molecule has 100 valence electrons. The first-order valence-electron chi connectivity index (χ1n) is 5.91. The van der Waals surface area contributed by atoms with E-state index < -0.39 is 5.97 Å². The van der Waals surface area contributed by atoms with Crippen molar-refractivity contribution in [3.8, 4) is 5.75 Å². The number of aromatic hydroxyl groups is 1. The van der Waals surface area contributed by atoms with Crippen LogP contribution in [0.2, 0.25) is 0 Å². The van der Waals surface area contributed by atoms with Gasteiger partial charge in [0.25, 0.3) is 0 Å². The Bertz CT molecular complexity index is 430. The Labute approximate surface area is 112 Å². The van der Waals surface area contributed by atoms with E-state index in [-0.39, 0.29) is 29.8 Å². The van der Waals surface area contributed by atoms with Gasteiger partial charge in [-0.1, -0.05) is 18.9 Å². The minimum atomic E-state index is -1.12. The number of rotatable bonds is 3. The molecule has 0 amide bonds. The molecule has 4 nitrogen and oxygen atoms in total. The maximum absolute atomic E-state index is 10.9. The van der Waals surface area contributed by atoms with E-state index in [0.29, 0.717) is 5.92 Å². The Kier molecular flexibility index (Phi) is 4.99. The normalized spacial score (nSPS) is 17.2. The number of hydrogen-bond acceptors (Lipinski definition) is 3. The van der Waals surface area contributed by atoms with E-state index in [4.69, 9.17) is 10.8 Å². The molecule has 0 spiro atoms. The molecule has 0 aliphatic heterocycles. The van der Waals surface area contributed by atoms with E-state index >= 15 is 0 Å². The number of hydrogen-bond donors (Lipinski definition) is 3. The highest BCUT2D eigenvalue weighted by molar-refractivity contribution is 5.90. The summed E-state index contributed by atoms with van der Waals surface area (Å²) in [6.45, 7) is 0. The lowest BCUT2D eigenvalue weighted by molar-refractivity contribution is 0.0693. The largest absolute Gasteiger partial charge is 0.507 e. The van der Waals surface area contributed by atoms with Gasteiger partial charge in [-0.05, 0) is 36.5 Å². The van der Waals surface area contributed by atoms with E-state index in [1.54, 1.807) is 6.07 Å². The average molecular weight is 272 g/mol. The van der Waals surface area contributed by atoms with E-state index in [2.05, 4.69) is 0 Å². The van der Waals surface area contributed by atoms with Crippen LogP contribution in [-0.2, 0) is 0 Å². The van der Waals surface area contributed by atoms with Gasteiger partial charge in [-0.3, -0.25) is 0 Å². The first-order chi connectivity index (χ1) is 8.09. The highest BCUT2D eigenvalue weighted by Crippen LogP contribution is 2.35. The minimum Gasteiger partial charge on any atom is -0.507 e. The molecular formula is C13H18ClNO3. The lowest BCUT2D eigenvalue weighted by Gasteiger charge is -2.19. The fraction of sp³-hybridized carbons (Fsp3) is 0.462. The first-order valence-corrected chi connectivity index (χ1v) is 5.91. The molecule has 0 unspecified atom stereocenters. The van der Waals surface area contributed by atoms with Crippen LogP contribution in [0.4, 0.5) is 0 Å². The molecule has 1 aromatic carbocycles. The molecule has 0 saturated heterocycles. The third kappa shape index (κ3) is 2.94. The lowest BCUT2D eigenvalue weighted by Crippen LogP contribution is -2.19.